The van der Waals surface area contributed by atoms with E-state index in [0.717, 1.165) is 40.1 Å². The van der Waals surface area contributed by atoms with Crippen molar-refractivity contribution in [3.05, 3.63) is 105 Å². The molecule has 0 fully saturated rings. The molecule has 5 nitrogen and oxygen atoms in total. The third-order valence-corrected chi connectivity index (χ3v) is 6.00. The molecule has 4 rings (SSSR count). The van der Waals surface area contributed by atoms with Crippen molar-refractivity contribution >= 4 is 22.9 Å². The Balaban J connectivity index is 1.77. The molecular weight excluding hydrogens is 436 g/mol. The summed E-state index contributed by atoms with van der Waals surface area (Å²) in [5.74, 6) is 1.25. The van der Waals surface area contributed by atoms with Gasteiger partial charge in [-0.05, 0) is 73.4 Å². The fraction of sp³-hybridized carbons (Fsp3) is 0.259. The summed E-state index contributed by atoms with van der Waals surface area (Å²) in [6.07, 6.45) is 0.207. The summed E-state index contributed by atoms with van der Waals surface area (Å²) in [6.45, 7) is 6.07. The van der Waals surface area contributed by atoms with Crippen molar-refractivity contribution in [2.45, 2.75) is 45.9 Å². The number of halogens is 1. The van der Waals surface area contributed by atoms with Gasteiger partial charge in [-0.25, -0.2) is 0 Å². The zero-order chi connectivity index (χ0) is 23.5. The second-order valence-electron chi connectivity index (χ2n) is 8.48. The summed E-state index contributed by atoms with van der Waals surface area (Å²) in [7, 11) is 0. The molecule has 0 bridgehead atoms. The molecule has 0 amide bonds. The van der Waals surface area contributed by atoms with Gasteiger partial charge < -0.3 is 20.4 Å². The van der Waals surface area contributed by atoms with Crippen LogP contribution in [-0.2, 0) is 12.8 Å². The second-order valence-corrected chi connectivity index (χ2v) is 8.91. The van der Waals surface area contributed by atoms with E-state index in [1.54, 1.807) is 0 Å². The number of aryl methyl sites for hydroxylation is 1. The van der Waals surface area contributed by atoms with Crippen molar-refractivity contribution < 1.29 is 14.9 Å². The van der Waals surface area contributed by atoms with Crippen LogP contribution in [0.3, 0.4) is 0 Å². The number of allylic oxidation sites excluding steroid dienone is 1. The molecule has 3 aromatic carbocycles. The number of hydrogen-bond donors (Lipinski definition) is 3. The zero-order valence-corrected chi connectivity index (χ0v) is 19.8. The molecule has 3 N–H and O–H groups in total. The summed E-state index contributed by atoms with van der Waals surface area (Å²) >= 11 is 6.06. The first-order valence-electron chi connectivity index (χ1n) is 11.2. The molecule has 2 atom stereocenters. The van der Waals surface area contributed by atoms with Crippen LogP contribution >= 0.6 is 11.6 Å². The Bertz CT molecular complexity index is 1160. The Hall–Kier alpha value is -2.83. The van der Waals surface area contributed by atoms with E-state index in [0.29, 0.717) is 22.8 Å². The summed E-state index contributed by atoms with van der Waals surface area (Å²) in [5.41, 5.74) is 5.22. The van der Waals surface area contributed by atoms with Crippen molar-refractivity contribution in [3.8, 4) is 5.75 Å². The monoisotopic (exact) mass is 464 g/mol. The van der Waals surface area contributed by atoms with Gasteiger partial charge in [-0.15, -0.1) is 0 Å². The Morgan fingerprint density at radius 1 is 1.09 bits per heavy atom. The van der Waals surface area contributed by atoms with Gasteiger partial charge in [0.05, 0.1) is 6.10 Å². The molecule has 0 radical (unpaired) electrons. The third-order valence-electron chi connectivity index (χ3n) is 5.74. The molecule has 1 heterocycles. The highest BCUT2D eigenvalue weighted by molar-refractivity contribution is 6.30. The lowest BCUT2D eigenvalue weighted by atomic mass is 9.90. The molecular formula is C27H29ClN2O3. The van der Waals surface area contributed by atoms with E-state index in [2.05, 4.69) is 12.2 Å². The van der Waals surface area contributed by atoms with E-state index in [4.69, 9.17) is 16.3 Å². The highest BCUT2D eigenvalue weighted by atomic mass is 35.5. The number of rotatable bonds is 7. The first-order valence-corrected chi connectivity index (χ1v) is 11.6. The van der Waals surface area contributed by atoms with Crippen molar-refractivity contribution in [2.24, 2.45) is 0 Å². The minimum absolute atomic E-state index is 0.0781. The van der Waals surface area contributed by atoms with Gasteiger partial charge in [-0.1, -0.05) is 48.9 Å². The molecule has 0 aliphatic carbocycles. The number of benzene rings is 3. The standard InChI is InChI=1S/C27H29ClN2O3/c1-4-19-16-21(13-14-25(19)33-17(2)3)29-26-24(15-18-9-11-20(28)12-10-18)22-7-5-6-8-23(22)27(31)30(26)32/h5-14,16-17,27,29-31H,4,15H2,1-3H3. The Labute approximate surface area is 199 Å². The summed E-state index contributed by atoms with van der Waals surface area (Å²) in [6, 6.07) is 21.0. The fourth-order valence-electron chi connectivity index (χ4n) is 4.15. The van der Waals surface area contributed by atoms with Crippen LogP contribution < -0.4 is 15.1 Å². The molecule has 33 heavy (non-hydrogen) atoms. The minimum atomic E-state index is -1.20. The number of nitrogens with one attached hydrogen (secondary N) is 2. The summed E-state index contributed by atoms with van der Waals surface area (Å²) in [5, 5.41) is 27.7. The van der Waals surface area contributed by atoms with Crippen molar-refractivity contribution in [1.29, 1.82) is 0 Å². The van der Waals surface area contributed by atoms with Crippen molar-refractivity contribution in [1.82, 2.24) is 0 Å². The molecule has 2 unspecified atom stereocenters. The van der Waals surface area contributed by atoms with Gasteiger partial charge in [0.15, 0.2) is 0 Å². The predicted molar refractivity (Wildman–Crippen MR) is 133 cm³/mol. The minimum Gasteiger partial charge on any atom is -0.626 e. The lowest BCUT2D eigenvalue weighted by molar-refractivity contribution is -0.869. The quantitative estimate of drug-likeness (QED) is 0.425. The van der Waals surface area contributed by atoms with E-state index >= 15 is 0 Å². The molecule has 172 valence electrons. The van der Waals surface area contributed by atoms with Crippen molar-refractivity contribution in [2.75, 3.05) is 5.32 Å². The first-order chi connectivity index (χ1) is 15.9. The maximum atomic E-state index is 13.3. The number of hydrogen-bond acceptors (Lipinski definition) is 4. The van der Waals surface area contributed by atoms with Crippen LogP contribution in [0.4, 0.5) is 5.69 Å². The van der Waals surface area contributed by atoms with Crippen LogP contribution in [0.15, 0.2) is 72.6 Å². The first kappa shape index (κ1) is 23.3. The molecule has 3 aromatic rings. The Kier molecular flexibility index (Phi) is 7.05. The average molecular weight is 465 g/mol. The number of hydroxylamine groups is 2. The largest absolute Gasteiger partial charge is 0.626 e. The number of ether oxygens (including phenoxy) is 1. The highest BCUT2D eigenvalue weighted by Crippen LogP contribution is 2.32. The summed E-state index contributed by atoms with van der Waals surface area (Å²) < 4.78 is 5.92. The van der Waals surface area contributed by atoms with Gasteiger partial charge in [0, 0.05) is 28.3 Å². The van der Waals surface area contributed by atoms with E-state index in [1.807, 2.05) is 80.6 Å². The Morgan fingerprint density at radius 3 is 2.52 bits per heavy atom. The number of anilines is 1. The van der Waals surface area contributed by atoms with Gasteiger partial charge in [0.2, 0.25) is 12.0 Å². The van der Waals surface area contributed by atoms with Crippen LogP contribution in [0.25, 0.3) is 5.57 Å². The van der Waals surface area contributed by atoms with E-state index in [1.165, 1.54) is 0 Å². The maximum Gasteiger partial charge on any atom is 0.222 e. The molecule has 1 aliphatic heterocycles. The molecule has 1 aliphatic rings. The van der Waals surface area contributed by atoms with E-state index in [-0.39, 0.29) is 11.2 Å². The van der Waals surface area contributed by atoms with Crippen LogP contribution in [-0.4, -0.2) is 11.2 Å². The van der Waals surface area contributed by atoms with Crippen LogP contribution in [0.1, 0.15) is 49.3 Å². The lowest BCUT2D eigenvalue weighted by Crippen LogP contribution is -3.07. The SMILES string of the molecule is CCc1cc(NC2=C(Cc3ccc(Cl)cc3)c3ccccc3C(O)[NH+]2[O-])ccc1OC(C)C. The van der Waals surface area contributed by atoms with Gasteiger partial charge in [0.1, 0.15) is 5.75 Å². The molecule has 0 aromatic heterocycles. The molecule has 0 saturated carbocycles. The second kappa shape index (κ2) is 9.98. The highest BCUT2D eigenvalue weighted by Gasteiger charge is 2.32. The number of aliphatic hydroxyl groups excluding tert-OH is 1. The average Bonchev–Trinajstić information content (AvgIpc) is 2.81. The van der Waals surface area contributed by atoms with Crippen LogP contribution in [0.2, 0.25) is 5.02 Å². The Morgan fingerprint density at radius 2 is 1.82 bits per heavy atom. The normalized spacial score (nSPS) is 17.8. The number of quaternary nitrogens is 1. The maximum absolute atomic E-state index is 13.3. The van der Waals surface area contributed by atoms with Gasteiger partial charge in [0.25, 0.3) is 0 Å². The van der Waals surface area contributed by atoms with Gasteiger partial charge in [-0.3, -0.25) is 5.06 Å². The number of fused-ring (bicyclic) bond motifs is 1. The van der Waals surface area contributed by atoms with Gasteiger partial charge >= 0.3 is 0 Å². The lowest BCUT2D eigenvalue weighted by Gasteiger charge is -2.36. The topological polar surface area (TPSA) is 69.0 Å². The zero-order valence-electron chi connectivity index (χ0n) is 19.1. The predicted octanol–water partition coefficient (Wildman–Crippen LogP) is 5.10. The van der Waals surface area contributed by atoms with E-state index < -0.39 is 6.23 Å². The summed E-state index contributed by atoms with van der Waals surface area (Å²) in [4.78, 5) is 0. The third kappa shape index (κ3) is 5.07. The van der Waals surface area contributed by atoms with Crippen LogP contribution in [0.5, 0.6) is 5.75 Å². The fourth-order valence-corrected chi connectivity index (χ4v) is 4.27. The van der Waals surface area contributed by atoms with E-state index in [9.17, 15) is 10.3 Å². The smallest absolute Gasteiger partial charge is 0.222 e. The number of aliphatic hydroxyl groups is 1. The van der Waals surface area contributed by atoms with Crippen LogP contribution in [0, 0.1) is 5.21 Å². The van der Waals surface area contributed by atoms with Gasteiger partial charge in [-0.2, -0.15) is 0 Å². The molecule has 0 spiro atoms. The van der Waals surface area contributed by atoms with Crippen molar-refractivity contribution in [3.63, 3.8) is 0 Å². The molecule has 0 saturated heterocycles. The molecule has 6 heteroatoms.